The van der Waals surface area contributed by atoms with Crippen LogP contribution in [-0.2, 0) is 4.74 Å². The Bertz CT molecular complexity index is 1030. The summed E-state index contributed by atoms with van der Waals surface area (Å²) in [6.07, 6.45) is 7.01. The van der Waals surface area contributed by atoms with Crippen LogP contribution in [0.15, 0.2) is 67.0 Å². The van der Waals surface area contributed by atoms with E-state index in [4.69, 9.17) is 27.9 Å². The summed E-state index contributed by atoms with van der Waals surface area (Å²) >= 11 is 12.2. The van der Waals surface area contributed by atoms with Crippen LogP contribution in [0, 0.1) is 0 Å². The van der Waals surface area contributed by atoms with Gasteiger partial charge in [0.15, 0.2) is 0 Å². The second kappa shape index (κ2) is 9.33. The van der Waals surface area contributed by atoms with Gasteiger partial charge in [0.05, 0.1) is 10.0 Å². The van der Waals surface area contributed by atoms with Crippen LogP contribution in [0.4, 0.5) is 4.79 Å². The second-order valence-corrected chi connectivity index (χ2v) is 7.77. The molecule has 6 heteroatoms. The summed E-state index contributed by atoms with van der Waals surface area (Å²) in [7, 11) is 0. The molecule has 1 amide bonds. The van der Waals surface area contributed by atoms with E-state index >= 15 is 0 Å². The molecule has 0 unspecified atom stereocenters. The van der Waals surface area contributed by atoms with E-state index in [2.05, 4.69) is 34.6 Å². The van der Waals surface area contributed by atoms with Crippen LogP contribution in [0.1, 0.15) is 29.0 Å². The number of nitrogens with one attached hydrogen (secondary N) is 1. The number of fused-ring (bicyclic) bond motifs is 3. The monoisotopic (exact) mass is 438 g/mol. The maximum absolute atomic E-state index is 12.2. The van der Waals surface area contributed by atoms with Gasteiger partial charge in [-0.15, -0.1) is 0 Å². The van der Waals surface area contributed by atoms with Crippen molar-refractivity contribution in [2.75, 3.05) is 13.2 Å². The fraction of sp³-hybridized carbons (Fsp3) is 0.167. The molecule has 0 bridgehead atoms. The number of pyridine rings is 1. The number of halogens is 2. The van der Waals surface area contributed by atoms with Crippen molar-refractivity contribution in [3.8, 4) is 11.1 Å². The SMILES string of the molecule is O=C(NCCC=Cc1c(Cl)cncc1Cl)OCC1c2ccccc2-c2ccccc21. The Hall–Kier alpha value is -2.82. The summed E-state index contributed by atoms with van der Waals surface area (Å²) in [5.74, 6) is 0.0546. The molecule has 0 atom stereocenters. The first-order valence-electron chi connectivity index (χ1n) is 9.69. The number of amides is 1. The number of carbonyl (C=O) groups excluding carboxylic acids is 1. The van der Waals surface area contributed by atoms with E-state index in [1.165, 1.54) is 22.3 Å². The van der Waals surface area contributed by atoms with Crippen LogP contribution in [0.5, 0.6) is 0 Å². The number of benzene rings is 2. The molecule has 0 fully saturated rings. The Morgan fingerprint density at radius 1 is 1.00 bits per heavy atom. The van der Waals surface area contributed by atoms with Gasteiger partial charge in [0, 0.05) is 30.4 Å². The molecule has 30 heavy (non-hydrogen) atoms. The zero-order valence-electron chi connectivity index (χ0n) is 16.1. The third-order valence-electron chi connectivity index (χ3n) is 5.10. The van der Waals surface area contributed by atoms with Gasteiger partial charge in [-0.05, 0) is 28.7 Å². The van der Waals surface area contributed by atoms with Crippen molar-refractivity contribution in [2.45, 2.75) is 12.3 Å². The molecule has 1 aliphatic carbocycles. The largest absolute Gasteiger partial charge is 0.449 e. The van der Waals surface area contributed by atoms with Crippen LogP contribution in [-0.4, -0.2) is 24.2 Å². The molecule has 152 valence electrons. The Labute approximate surface area is 185 Å². The van der Waals surface area contributed by atoms with Gasteiger partial charge < -0.3 is 10.1 Å². The number of nitrogens with zero attached hydrogens (tertiary/aromatic N) is 1. The number of aromatic nitrogens is 1. The van der Waals surface area contributed by atoms with Crippen LogP contribution < -0.4 is 5.32 Å². The number of alkyl carbamates (subject to hydrolysis) is 1. The number of hydrogen-bond acceptors (Lipinski definition) is 3. The molecule has 2 aromatic carbocycles. The summed E-state index contributed by atoms with van der Waals surface area (Å²) in [4.78, 5) is 16.1. The van der Waals surface area contributed by atoms with Gasteiger partial charge in [-0.25, -0.2) is 4.79 Å². The van der Waals surface area contributed by atoms with Gasteiger partial charge in [0.25, 0.3) is 0 Å². The Morgan fingerprint density at radius 2 is 1.60 bits per heavy atom. The highest BCUT2D eigenvalue weighted by atomic mass is 35.5. The van der Waals surface area contributed by atoms with Crippen molar-refractivity contribution in [1.29, 1.82) is 0 Å². The molecular formula is C24H20Cl2N2O2. The van der Waals surface area contributed by atoms with E-state index in [0.29, 0.717) is 29.6 Å². The average molecular weight is 439 g/mol. The Balaban J connectivity index is 1.29. The molecule has 1 aromatic heterocycles. The molecule has 1 aliphatic rings. The quantitative estimate of drug-likeness (QED) is 0.457. The highest BCUT2D eigenvalue weighted by Crippen LogP contribution is 2.44. The van der Waals surface area contributed by atoms with Gasteiger partial charge in [-0.2, -0.15) is 0 Å². The number of rotatable bonds is 6. The van der Waals surface area contributed by atoms with Crippen molar-refractivity contribution in [2.24, 2.45) is 0 Å². The first-order valence-corrected chi connectivity index (χ1v) is 10.4. The summed E-state index contributed by atoms with van der Waals surface area (Å²) in [6, 6.07) is 16.5. The zero-order valence-corrected chi connectivity index (χ0v) is 17.7. The summed E-state index contributed by atoms with van der Waals surface area (Å²) in [5.41, 5.74) is 5.52. The molecule has 1 heterocycles. The van der Waals surface area contributed by atoms with Crippen LogP contribution in [0.2, 0.25) is 10.0 Å². The Morgan fingerprint density at radius 3 is 2.23 bits per heavy atom. The minimum absolute atomic E-state index is 0.0546. The normalized spacial score (nSPS) is 12.6. The number of carbonyl (C=O) groups is 1. The first-order chi connectivity index (χ1) is 14.6. The van der Waals surface area contributed by atoms with E-state index < -0.39 is 6.09 Å². The minimum atomic E-state index is -0.426. The molecule has 4 nitrogen and oxygen atoms in total. The van der Waals surface area contributed by atoms with Gasteiger partial charge in [-0.1, -0.05) is 83.9 Å². The highest BCUT2D eigenvalue weighted by molar-refractivity contribution is 6.36. The lowest BCUT2D eigenvalue weighted by atomic mass is 9.98. The third-order valence-corrected chi connectivity index (χ3v) is 5.70. The van der Waals surface area contributed by atoms with Crippen molar-refractivity contribution in [3.05, 3.63) is 93.7 Å². The van der Waals surface area contributed by atoms with Gasteiger partial charge in [0.2, 0.25) is 0 Å². The fourth-order valence-corrected chi connectivity index (χ4v) is 4.18. The van der Waals surface area contributed by atoms with Crippen molar-refractivity contribution in [3.63, 3.8) is 0 Å². The maximum atomic E-state index is 12.2. The predicted molar refractivity (Wildman–Crippen MR) is 121 cm³/mol. The molecule has 0 spiro atoms. The van der Waals surface area contributed by atoms with E-state index in [1.54, 1.807) is 12.4 Å². The van der Waals surface area contributed by atoms with Crippen molar-refractivity contribution in [1.82, 2.24) is 10.3 Å². The molecule has 4 rings (SSSR count). The molecule has 0 radical (unpaired) electrons. The van der Waals surface area contributed by atoms with Crippen molar-refractivity contribution >= 4 is 35.4 Å². The standard InChI is InChI=1S/C24H20Cl2N2O2/c25-22-13-27-14-23(26)20(22)11-5-6-12-28-24(29)30-15-21-18-9-3-1-7-16(18)17-8-2-4-10-19(17)21/h1-5,7-11,13-14,21H,6,12,15H2,(H,28,29). The second-order valence-electron chi connectivity index (χ2n) is 6.96. The summed E-state index contributed by atoms with van der Waals surface area (Å²) in [6.45, 7) is 0.755. The first kappa shape index (κ1) is 20.5. The molecule has 0 aliphatic heterocycles. The van der Waals surface area contributed by atoms with Gasteiger partial charge in [0.1, 0.15) is 6.61 Å². The van der Waals surface area contributed by atoms with E-state index in [0.717, 1.165) is 5.56 Å². The fourth-order valence-electron chi connectivity index (χ4n) is 3.69. The lowest BCUT2D eigenvalue weighted by Gasteiger charge is -2.14. The average Bonchev–Trinajstić information content (AvgIpc) is 3.08. The van der Waals surface area contributed by atoms with Crippen LogP contribution in [0.25, 0.3) is 17.2 Å². The molecule has 0 saturated heterocycles. The van der Waals surface area contributed by atoms with E-state index in [9.17, 15) is 4.79 Å². The lowest BCUT2D eigenvalue weighted by molar-refractivity contribution is 0.143. The van der Waals surface area contributed by atoms with Crippen molar-refractivity contribution < 1.29 is 9.53 Å². The number of ether oxygens (including phenoxy) is 1. The van der Waals surface area contributed by atoms with Crippen LogP contribution in [0.3, 0.4) is 0 Å². The summed E-state index contributed by atoms with van der Waals surface area (Å²) < 4.78 is 5.52. The van der Waals surface area contributed by atoms with Crippen LogP contribution >= 0.6 is 23.2 Å². The van der Waals surface area contributed by atoms with E-state index in [1.807, 2.05) is 36.4 Å². The topological polar surface area (TPSA) is 51.2 Å². The Kier molecular flexibility index (Phi) is 6.36. The molecule has 1 N–H and O–H groups in total. The maximum Gasteiger partial charge on any atom is 0.407 e. The zero-order chi connectivity index (χ0) is 20.9. The summed E-state index contributed by atoms with van der Waals surface area (Å²) in [5, 5.41) is 3.76. The smallest absolute Gasteiger partial charge is 0.407 e. The highest BCUT2D eigenvalue weighted by Gasteiger charge is 2.28. The third kappa shape index (κ3) is 4.35. The van der Waals surface area contributed by atoms with Gasteiger partial charge >= 0.3 is 6.09 Å². The lowest BCUT2D eigenvalue weighted by Crippen LogP contribution is -2.26. The predicted octanol–water partition coefficient (Wildman–Crippen LogP) is 6.33. The number of hydrogen-bond donors (Lipinski definition) is 1. The molecule has 0 saturated carbocycles. The van der Waals surface area contributed by atoms with E-state index in [-0.39, 0.29) is 5.92 Å². The van der Waals surface area contributed by atoms with Gasteiger partial charge in [-0.3, -0.25) is 4.98 Å². The minimum Gasteiger partial charge on any atom is -0.449 e. The molecule has 3 aromatic rings. The molecular weight excluding hydrogens is 419 g/mol.